The van der Waals surface area contributed by atoms with Gasteiger partial charge in [0, 0.05) is 6.00 Å². The Morgan fingerprint density at radius 2 is 2.22 bits per heavy atom. The third-order valence-corrected chi connectivity index (χ3v) is 3.38. The van der Waals surface area contributed by atoms with Gasteiger partial charge in [-0.15, -0.1) is 0 Å². The molecule has 1 N–H and O–H groups in total. The van der Waals surface area contributed by atoms with E-state index in [4.69, 9.17) is 21.6 Å². The topological polar surface area (TPSA) is 82.1 Å². The Kier molecular flexibility index (Phi) is 5.55. The fourth-order valence-electron chi connectivity index (χ4n) is 1.58. The quantitative estimate of drug-likeness (QED) is 0.576. The van der Waals surface area contributed by atoms with Crippen LogP contribution in [0.3, 0.4) is 0 Å². The zero-order valence-electron chi connectivity index (χ0n) is 10.7. The van der Waals surface area contributed by atoms with Gasteiger partial charge in [-0.2, -0.15) is 0 Å². The molecule has 0 aromatic carbocycles. The normalized spacial score (nSPS) is 31.5. The molecule has 0 aromatic rings. The van der Waals surface area contributed by atoms with Crippen molar-refractivity contribution in [2.45, 2.75) is 45.4 Å². The number of ketones is 1. The Hall–Kier alpha value is -0.195. The van der Waals surface area contributed by atoms with Gasteiger partial charge in [0.25, 0.3) is 0 Å². The van der Waals surface area contributed by atoms with Crippen LogP contribution in [-0.2, 0) is 23.1 Å². The largest absolute Gasteiger partial charge is 0.472 e. The van der Waals surface area contributed by atoms with E-state index in [1.165, 1.54) is 6.92 Å². The monoisotopic (exact) mass is 276 g/mol. The van der Waals surface area contributed by atoms with Crippen LogP contribution in [0, 0.1) is 5.92 Å². The number of hydrogen-bond donors (Lipinski definition) is 1. The van der Waals surface area contributed by atoms with Gasteiger partial charge in [-0.05, 0) is 19.3 Å². The molecule has 0 saturated carbocycles. The fraction of sp³-hybridized carbons (Fsp3) is 0.900. The first-order valence-electron chi connectivity index (χ1n) is 5.78. The number of hydrogen-bond acceptors (Lipinski definition) is 5. The van der Waals surface area contributed by atoms with Crippen molar-refractivity contribution < 1.29 is 28.0 Å². The lowest BCUT2D eigenvalue weighted by atomic mass is 9.96. The summed E-state index contributed by atoms with van der Waals surface area (Å²) < 4.78 is 26.5. The molecule has 0 aromatic heterocycles. The minimum atomic E-state index is -4.19. The molecule has 1 aliphatic heterocycles. The van der Waals surface area contributed by atoms with Gasteiger partial charge in [-0.3, -0.25) is 13.8 Å². The van der Waals surface area contributed by atoms with Gasteiger partial charge in [-0.1, -0.05) is 13.8 Å². The van der Waals surface area contributed by atoms with Crippen molar-refractivity contribution in [2.75, 3.05) is 6.61 Å². The Morgan fingerprint density at radius 1 is 1.61 bits per heavy atom. The van der Waals surface area contributed by atoms with Crippen LogP contribution in [0.15, 0.2) is 0 Å². The number of carbonyl (C=O) groups excluding carboxylic acids is 1. The minimum absolute atomic E-state index is 0.0954. The number of Topliss-reactive ketones (excluding diaryl/α,β-unsaturated/α-hetero) is 1. The molecule has 0 bridgehead atoms. The van der Waals surface area contributed by atoms with E-state index >= 15 is 0 Å². The average molecular weight is 276 g/mol. The summed E-state index contributed by atoms with van der Waals surface area (Å²) in [6.45, 7) is 5.09. The van der Waals surface area contributed by atoms with Crippen LogP contribution in [-0.4, -0.2) is 43.3 Å². The molecule has 0 spiro atoms. The maximum absolute atomic E-state index is 11.7. The molecule has 2 radical (unpaired) electrons. The highest BCUT2D eigenvalue weighted by Gasteiger charge is 2.41. The van der Waals surface area contributed by atoms with Gasteiger partial charge in [0.1, 0.15) is 20.1 Å². The van der Waals surface area contributed by atoms with Crippen molar-refractivity contribution in [3.63, 3.8) is 0 Å². The Balaban J connectivity index is 2.59. The molecule has 6 nitrogen and oxygen atoms in total. The predicted molar refractivity (Wildman–Crippen MR) is 65.2 cm³/mol. The van der Waals surface area contributed by atoms with E-state index in [1.54, 1.807) is 0 Å². The van der Waals surface area contributed by atoms with Gasteiger partial charge in [-0.25, -0.2) is 4.57 Å². The SMILES string of the molecule is [B]C1CC(OP(=O)(O)OCC(C)C)C(C(C)=O)O1. The first-order chi connectivity index (χ1) is 8.21. The van der Waals surface area contributed by atoms with E-state index < -0.39 is 26.0 Å². The lowest BCUT2D eigenvalue weighted by Gasteiger charge is -2.20. The van der Waals surface area contributed by atoms with Gasteiger partial charge in [0.15, 0.2) is 5.78 Å². The number of phosphoric acid groups is 1. The summed E-state index contributed by atoms with van der Waals surface area (Å²) in [6, 6.07) is -0.672. The van der Waals surface area contributed by atoms with Crippen LogP contribution in [0.4, 0.5) is 0 Å². The summed E-state index contributed by atoms with van der Waals surface area (Å²) in [7, 11) is 1.34. The summed E-state index contributed by atoms with van der Waals surface area (Å²) in [4.78, 5) is 20.8. The van der Waals surface area contributed by atoms with Crippen molar-refractivity contribution in [1.82, 2.24) is 0 Å². The molecule has 1 aliphatic rings. The first-order valence-corrected chi connectivity index (χ1v) is 7.28. The second-order valence-corrected chi connectivity index (χ2v) is 6.15. The molecular formula is C10H18BO6P. The highest BCUT2D eigenvalue weighted by molar-refractivity contribution is 7.47. The third kappa shape index (κ3) is 4.82. The van der Waals surface area contributed by atoms with E-state index in [9.17, 15) is 14.3 Å². The zero-order valence-corrected chi connectivity index (χ0v) is 11.6. The maximum Gasteiger partial charge on any atom is 0.472 e. The molecular weight excluding hydrogens is 258 g/mol. The molecule has 1 saturated heterocycles. The summed E-state index contributed by atoms with van der Waals surface area (Å²) in [6.07, 6.45) is -1.58. The molecule has 1 heterocycles. The maximum atomic E-state index is 11.7. The van der Waals surface area contributed by atoms with Crippen molar-refractivity contribution >= 4 is 21.5 Å². The van der Waals surface area contributed by atoms with E-state index in [0.717, 1.165) is 0 Å². The first kappa shape index (κ1) is 15.9. The summed E-state index contributed by atoms with van der Waals surface area (Å²) in [5.74, 6) is -0.198. The van der Waals surface area contributed by atoms with Crippen molar-refractivity contribution in [3.8, 4) is 0 Å². The van der Waals surface area contributed by atoms with Crippen LogP contribution in [0.25, 0.3) is 0 Å². The number of rotatable bonds is 6. The number of carbonyl (C=O) groups is 1. The van der Waals surface area contributed by atoms with Gasteiger partial charge >= 0.3 is 7.82 Å². The highest BCUT2D eigenvalue weighted by atomic mass is 31.2. The second-order valence-electron chi connectivity index (χ2n) is 4.74. The molecule has 4 atom stereocenters. The predicted octanol–water partition coefficient (Wildman–Crippen LogP) is 1.02. The minimum Gasteiger partial charge on any atom is -0.374 e. The number of phosphoric ester groups is 1. The zero-order chi connectivity index (χ0) is 13.9. The molecule has 18 heavy (non-hydrogen) atoms. The fourth-order valence-corrected chi connectivity index (χ4v) is 2.67. The standard InChI is InChI=1S/C10H18BO6P/c1-6(2)5-15-18(13,14)17-8-4-9(11)16-10(8)7(3)12/h6,8-10H,4-5H2,1-3H3,(H,13,14). The van der Waals surface area contributed by atoms with Crippen LogP contribution >= 0.6 is 7.82 Å². The van der Waals surface area contributed by atoms with Gasteiger partial charge in [0.05, 0.1) is 6.61 Å². The Labute approximate surface area is 108 Å². The summed E-state index contributed by atoms with van der Waals surface area (Å²) in [5, 5.41) is 0. The van der Waals surface area contributed by atoms with Crippen molar-refractivity contribution in [2.24, 2.45) is 5.92 Å². The third-order valence-electron chi connectivity index (χ3n) is 2.36. The van der Waals surface area contributed by atoms with Crippen molar-refractivity contribution in [3.05, 3.63) is 0 Å². The molecule has 102 valence electrons. The highest BCUT2D eigenvalue weighted by Crippen LogP contribution is 2.47. The van der Waals surface area contributed by atoms with Crippen LogP contribution < -0.4 is 0 Å². The van der Waals surface area contributed by atoms with Crippen LogP contribution in [0.5, 0.6) is 0 Å². The van der Waals surface area contributed by atoms with E-state index in [-0.39, 0.29) is 24.7 Å². The molecule has 4 unspecified atom stereocenters. The van der Waals surface area contributed by atoms with Gasteiger partial charge < -0.3 is 9.63 Å². The Morgan fingerprint density at radius 3 is 2.72 bits per heavy atom. The van der Waals surface area contributed by atoms with E-state index in [2.05, 4.69) is 0 Å². The molecule has 1 fully saturated rings. The van der Waals surface area contributed by atoms with Crippen LogP contribution in [0.1, 0.15) is 27.2 Å². The lowest BCUT2D eigenvalue weighted by molar-refractivity contribution is -0.129. The molecule has 8 heteroatoms. The molecule has 1 rings (SSSR count). The molecule has 0 amide bonds. The second kappa shape index (κ2) is 6.30. The summed E-state index contributed by atoms with van der Waals surface area (Å²) in [5.41, 5.74) is 0. The van der Waals surface area contributed by atoms with Crippen LogP contribution in [0.2, 0.25) is 0 Å². The lowest BCUT2D eigenvalue weighted by Crippen LogP contribution is -2.30. The van der Waals surface area contributed by atoms with E-state index in [0.29, 0.717) is 0 Å². The van der Waals surface area contributed by atoms with E-state index in [1.807, 2.05) is 13.8 Å². The average Bonchev–Trinajstić information content (AvgIpc) is 2.56. The molecule has 0 aliphatic carbocycles. The van der Waals surface area contributed by atoms with Crippen molar-refractivity contribution in [1.29, 1.82) is 0 Å². The van der Waals surface area contributed by atoms with Gasteiger partial charge in [0.2, 0.25) is 0 Å². The number of ether oxygens (including phenoxy) is 1. The summed E-state index contributed by atoms with van der Waals surface area (Å²) >= 11 is 0. The smallest absolute Gasteiger partial charge is 0.374 e. The Bertz CT molecular complexity index is 347.